The number of hydrogen-bond acceptors (Lipinski definition) is 4. The standard InChI is InChI=1S/C16H18Cl2N4O2/c1-2-21-10-12(9-19-21)11-3-5-20(6-4-11)16-14(17)7-13(22(23)24)8-15(16)18/h7-11H,2-6H2,1H3. The molecule has 2 heterocycles. The normalized spacial score (nSPS) is 15.7. The Kier molecular flexibility index (Phi) is 4.96. The van der Waals surface area contributed by atoms with E-state index in [4.69, 9.17) is 23.2 Å². The summed E-state index contributed by atoms with van der Waals surface area (Å²) in [6, 6.07) is 2.72. The van der Waals surface area contributed by atoms with Gasteiger partial charge in [-0.25, -0.2) is 0 Å². The van der Waals surface area contributed by atoms with Crippen molar-refractivity contribution in [3.8, 4) is 0 Å². The van der Waals surface area contributed by atoms with Gasteiger partial charge in [-0.1, -0.05) is 23.2 Å². The van der Waals surface area contributed by atoms with Gasteiger partial charge in [-0.2, -0.15) is 5.10 Å². The molecule has 0 radical (unpaired) electrons. The van der Waals surface area contributed by atoms with E-state index in [1.54, 1.807) is 0 Å². The third-order valence-corrected chi connectivity index (χ3v) is 5.05. The molecule has 1 aromatic heterocycles. The lowest BCUT2D eigenvalue weighted by atomic mass is 9.91. The SMILES string of the molecule is CCn1cc(C2CCN(c3c(Cl)cc([N+](=O)[O-])cc3Cl)CC2)cn1. The highest BCUT2D eigenvalue weighted by Gasteiger charge is 2.25. The van der Waals surface area contributed by atoms with E-state index in [0.29, 0.717) is 21.7 Å². The molecule has 0 bridgehead atoms. The smallest absolute Gasteiger partial charge is 0.272 e. The van der Waals surface area contributed by atoms with Gasteiger partial charge in [0.05, 0.1) is 26.9 Å². The van der Waals surface area contributed by atoms with Crippen LogP contribution in [0.4, 0.5) is 11.4 Å². The first-order valence-electron chi connectivity index (χ1n) is 7.90. The van der Waals surface area contributed by atoms with Crippen molar-refractivity contribution in [2.45, 2.75) is 32.2 Å². The number of aromatic nitrogens is 2. The van der Waals surface area contributed by atoms with Crippen LogP contribution < -0.4 is 4.90 Å². The molecule has 128 valence electrons. The Bertz CT molecular complexity index is 731. The summed E-state index contributed by atoms with van der Waals surface area (Å²) in [7, 11) is 0. The van der Waals surface area contributed by atoms with Crippen LogP contribution in [0.5, 0.6) is 0 Å². The second-order valence-electron chi connectivity index (χ2n) is 5.91. The first kappa shape index (κ1) is 17.0. The fourth-order valence-corrected chi connectivity index (χ4v) is 3.87. The molecular weight excluding hydrogens is 351 g/mol. The molecule has 0 saturated carbocycles. The van der Waals surface area contributed by atoms with E-state index < -0.39 is 4.92 Å². The molecule has 1 aliphatic heterocycles. The third kappa shape index (κ3) is 3.35. The largest absolute Gasteiger partial charge is 0.369 e. The minimum Gasteiger partial charge on any atom is -0.369 e. The van der Waals surface area contributed by atoms with E-state index in [1.807, 2.05) is 10.9 Å². The number of nitro benzene ring substituents is 1. The zero-order chi connectivity index (χ0) is 17.3. The molecule has 0 N–H and O–H groups in total. The summed E-state index contributed by atoms with van der Waals surface area (Å²) in [5.41, 5.74) is 1.86. The maximum absolute atomic E-state index is 10.9. The zero-order valence-electron chi connectivity index (χ0n) is 13.3. The topological polar surface area (TPSA) is 64.2 Å². The molecule has 0 unspecified atom stereocenters. The van der Waals surface area contributed by atoms with Crippen LogP contribution >= 0.6 is 23.2 Å². The van der Waals surface area contributed by atoms with E-state index >= 15 is 0 Å². The Morgan fingerprint density at radius 2 is 1.92 bits per heavy atom. The van der Waals surface area contributed by atoms with Crippen molar-refractivity contribution in [1.82, 2.24) is 9.78 Å². The monoisotopic (exact) mass is 368 g/mol. The molecule has 1 saturated heterocycles. The van der Waals surface area contributed by atoms with Crippen LogP contribution in [-0.4, -0.2) is 27.8 Å². The summed E-state index contributed by atoms with van der Waals surface area (Å²) in [6.45, 7) is 4.54. The molecule has 0 spiro atoms. The molecule has 6 nitrogen and oxygen atoms in total. The lowest BCUT2D eigenvalue weighted by molar-refractivity contribution is -0.384. The number of nitrogens with zero attached hydrogens (tertiary/aromatic N) is 4. The second-order valence-corrected chi connectivity index (χ2v) is 6.72. The quantitative estimate of drug-likeness (QED) is 0.588. The van der Waals surface area contributed by atoms with E-state index in [2.05, 4.69) is 23.1 Å². The van der Waals surface area contributed by atoms with Crippen molar-refractivity contribution in [2.75, 3.05) is 18.0 Å². The van der Waals surface area contributed by atoms with Crippen molar-refractivity contribution in [3.63, 3.8) is 0 Å². The predicted octanol–water partition coefficient (Wildman–Crippen LogP) is 4.50. The number of rotatable bonds is 4. The molecule has 0 atom stereocenters. The summed E-state index contributed by atoms with van der Waals surface area (Å²) in [5, 5.41) is 15.9. The maximum atomic E-state index is 10.9. The van der Waals surface area contributed by atoms with Gasteiger partial charge in [0.1, 0.15) is 0 Å². The van der Waals surface area contributed by atoms with Crippen molar-refractivity contribution in [3.05, 3.63) is 50.2 Å². The molecule has 0 amide bonds. The summed E-state index contributed by atoms with van der Waals surface area (Å²) in [4.78, 5) is 12.5. The average Bonchev–Trinajstić information content (AvgIpc) is 3.04. The Morgan fingerprint density at radius 1 is 1.29 bits per heavy atom. The van der Waals surface area contributed by atoms with E-state index in [0.717, 1.165) is 32.5 Å². The molecule has 1 aliphatic rings. The molecule has 3 rings (SSSR count). The van der Waals surface area contributed by atoms with E-state index in [1.165, 1.54) is 17.7 Å². The van der Waals surface area contributed by atoms with Crippen LogP contribution in [0.15, 0.2) is 24.5 Å². The fraction of sp³-hybridized carbons (Fsp3) is 0.438. The van der Waals surface area contributed by atoms with Gasteiger partial charge in [-0.15, -0.1) is 0 Å². The highest BCUT2D eigenvalue weighted by atomic mass is 35.5. The Balaban J connectivity index is 1.74. The highest BCUT2D eigenvalue weighted by molar-refractivity contribution is 6.39. The highest BCUT2D eigenvalue weighted by Crippen LogP contribution is 2.40. The predicted molar refractivity (Wildman–Crippen MR) is 95.2 cm³/mol. The van der Waals surface area contributed by atoms with Gasteiger partial charge in [-0.05, 0) is 31.2 Å². The number of hydrogen-bond donors (Lipinski definition) is 0. The maximum Gasteiger partial charge on any atom is 0.272 e. The summed E-state index contributed by atoms with van der Waals surface area (Å²) in [6.07, 6.45) is 5.99. The molecular formula is C16H18Cl2N4O2. The number of benzene rings is 1. The van der Waals surface area contributed by atoms with Gasteiger partial charge >= 0.3 is 0 Å². The molecule has 8 heteroatoms. The molecule has 2 aromatic rings. The van der Waals surface area contributed by atoms with Crippen molar-refractivity contribution in [2.24, 2.45) is 0 Å². The number of anilines is 1. The number of halogens is 2. The third-order valence-electron chi connectivity index (χ3n) is 4.47. The molecule has 1 fully saturated rings. The molecule has 24 heavy (non-hydrogen) atoms. The average molecular weight is 369 g/mol. The van der Waals surface area contributed by atoms with Crippen LogP contribution in [0.25, 0.3) is 0 Å². The summed E-state index contributed by atoms with van der Waals surface area (Å²) < 4.78 is 1.94. The molecule has 0 aliphatic carbocycles. The molecule has 1 aromatic carbocycles. The summed E-state index contributed by atoms with van der Waals surface area (Å²) >= 11 is 12.5. The van der Waals surface area contributed by atoms with E-state index in [9.17, 15) is 10.1 Å². The Hall–Kier alpha value is -1.79. The van der Waals surface area contributed by atoms with Gasteiger partial charge in [0.25, 0.3) is 5.69 Å². The zero-order valence-corrected chi connectivity index (χ0v) is 14.8. The number of aryl methyl sites for hydroxylation is 1. The van der Waals surface area contributed by atoms with Crippen LogP contribution in [0, 0.1) is 10.1 Å². The minimum atomic E-state index is -0.487. The van der Waals surface area contributed by atoms with Crippen LogP contribution in [0.3, 0.4) is 0 Å². The summed E-state index contributed by atoms with van der Waals surface area (Å²) in [5.74, 6) is 0.470. The van der Waals surface area contributed by atoms with Gasteiger partial charge in [0, 0.05) is 38.0 Å². The minimum absolute atomic E-state index is 0.0874. The van der Waals surface area contributed by atoms with Gasteiger partial charge in [0.2, 0.25) is 0 Å². The van der Waals surface area contributed by atoms with E-state index in [-0.39, 0.29) is 5.69 Å². The number of nitro groups is 1. The fourth-order valence-electron chi connectivity index (χ4n) is 3.16. The first-order chi connectivity index (χ1) is 11.5. The van der Waals surface area contributed by atoms with Crippen LogP contribution in [0.1, 0.15) is 31.2 Å². The second kappa shape index (κ2) is 6.99. The number of non-ortho nitro benzene ring substituents is 1. The van der Waals surface area contributed by atoms with Crippen molar-refractivity contribution in [1.29, 1.82) is 0 Å². The van der Waals surface area contributed by atoms with Gasteiger partial charge in [-0.3, -0.25) is 14.8 Å². The van der Waals surface area contributed by atoms with Crippen LogP contribution in [0.2, 0.25) is 10.0 Å². The van der Waals surface area contributed by atoms with Crippen molar-refractivity contribution >= 4 is 34.6 Å². The number of piperidine rings is 1. The Labute approximate surface area is 150 Å². The Morgan fingerprint density at radius 3 is 2.42 bits per heavy atom. The van der Waals surface area contributed by atoms with Crippen molar-refractivity contribution < 1.29 is 4.92 Å². The van der Waals surface area contributed by atoms with Gasteiger partial charge < -0.3 is 4.90 Å². The lowest BCUT2D eigenvalue weighted by Gasteiger charge is -2.34. The lowest BCUT2D eigenvalue weighted by Crippen LogP contribution is -2.33. The first-order valence-corrected chi connectivity index (χ1v) is 8.66. The van der Waals surface area contributed by atoms with Gasteiger partial charge in [0.15, 0.2) is 0 Å². The van der Waals surface area contributed by atoms with Crippen LogP contribution in [-0.2, 0) is 6.54 Å².